The highest BCUT2D eigenvalue weighted by molar-refractivity contribution is 6.02. The number of para-hydroxylation sites is 1. The highest BCUT2D eigenvalue weighted by Crippen LogP contribution is 2.42. The number of hydroxylamine groups is 1. The Balaban J connectivity index is 2.29. The molecule has 1 saturated heterocycles. The van der Waals surface area contributed by atoms with E-state index in [-0.39, 0.29) is 5.69 Å². The first kappa shape index (κ1) is 13.9. The largest absolute Gasteiger partial charge is 0.418 e. The molecule has 0 bridgehead atoms. The van der Waals surface area contributed by atoms with Crippen molar-refractivity contribution in [2.45, 2.75) is 38.5 Å². The summed E-state index contributed by atoms with van der Waals surface area (Å²) in [7, 11) is 0. The molecule has 3 nitrogen and oxygen atoms in total. The Morgan fingerprint density at radius 1 is 1.32 bits per heavy atom. The number of rotatable bonds is 3. The van der Waals surface area contributed by atoms with E-state index >= 15 is 0 Å². The molecule has 1 unspecified atom stereocenters. The zero-order valence-electron chi connectivity index (χ0n) is 10.6. The number of hydrogen-bond donors (Lipinski definition) is 0. The zero-order chi connectivity index (χ0) is 14.3. The van der Waals surface area contributed by atoms with Crippen molar-refractivity contribution in [2.24, 2.45) is 0 Å². The summed E-state index contributed by atoms with van der Waals surface area (Å²) in [5, 5.41) is 0.735. The number of alkyl halides is 3. The topological polar surface area (TPSA) is 29.5 Å². The Kier molecular flexibility index (Phi) is 3.30. The molecule has 0 N–H and O–H groups in total. The quantitative estimate of drug-likeness (QED) is 0.843. The molecule has 1 aromatic carbocycles. The molecular weight excluding hydrogens is 259 g/mol. The normalized spacial score (nSPS) is 23.4. The Hall–Kier alpha value is -1.56. The third-order valence-electron chi connectivity index (χ3n) is 3.08. The summed E-state index contributed by atoms with van der Waals surface area (Å²) in [5.41, 5.74) is -2.14. The van der Waals surface area contributed by atoms with Crippen LogP contribution < -0.4 is 5.06 Å². The van der Waals surface area contributed by atoms with E-state index in [0.717, 1.165) is 17.6 Å². The molecule has 19 heavy (non-hydrogen) atoms. The first-order valence-electron chi connectivity index (χ1n) is 5.99. The lowest BCUT2D eigenvalue weighted by atomic mass is 9.96. The molecule has 1 fully saturated rings. The van der Waals surface area contributed by atoms with Crippen LogP contribution in [0.5, 0.6) is 0 Å². The van der Waals surface area contributed by atoms with Gasteiger partial charge in [0.25, 0.3) is 5.91 Å². The summed E-state index contributed by atoms with van der Waals surface area (Å²) in [6, 6.07) is 4.88. The highest BCUT2D eigenvalue weighted by atomic mass is 19.4. The van der Waals surface area contributed by atoms with E-state index in [1.807, 2.05) is 6.92 Å². The smallest absolute Gasteiger partial charge is 0.269 e. The minimum absolute atomic E-state index is 0.256. The second-order valence-corrected chi connectivity index (χ2v) is 4.69. The third kappa shape index (κ3) is 2.32. The molecule has 0 spiro atoms. The van der Waals surface area contributed by atoms with Gasteiger partial charge < -0.3 is 0 Å². The summed E-state index contributed by atoms with van der Waals surface area (Å²) in [4.78, 5) is 17.3. The highest BCUT2D eigenvalue weighted by Gasteiger charge is 2.52. The molecule has 0 aliphatic carbocycles. The molecule has 1 heterocycles. The number of amides is 1. The Bertz CT molecular complexity index is 501. The molecule has 2 rings (SSSR count). The monoisotopic (exact) mass is 273 g/mol. The maximum atomic E-state index is 12.8. The van der Waals surface area contributed by atoms with Gasteiger partial charge in [-0.2, -0.15) is 18.2 Å². The molecule has 1 aliphatic rings. The standard InChI is InChI=1S/C13H14F3NO2/c1-3-8-12(2)11(18)17(19-12)10-7-5-4-6-9(10)13(14,15)16/h4-7H,3,8H2,1-2H3. The maximum absolute atomic E-state index is 12.8. The number of anilines is 1. The van der Waals surface area contributed by atoms with Gasteiger partial charge in [-0.15, -0.1) is 0 Å². The van der Waals surface area contributed by atoms with Crippen LogP contribution in [0, 0.1) is 0 Å². The van der Waals surface area contributed by atoms with Crippen LogP contribution in [-0.4, -0.2) is 11.5 Å². The molecule has 6 heteroatoms. The van der Waals surface area contributed by atoms with Crippen LogP contribution in [0.15, 0.2) is 24.3 Å². The average Bonchev–Trinajstić information content (AvgIpc) is 2.35. The van der Waals surface area contributed by atoms with Crippen LogP contribution in [0.2, 0.25) is 0 Å². The minimum atomic E-state index is -4.52. The van der Waals surface area contributed by atoms with Crippen molar-refractivity contribution in [1.29, 1.82) is 0 Å². The van der Waals surface area contributed by atoms with E-state index in [9.17, 15) is 18.0 Å². The van der Waals surface area contributed by atoms with E-state index in [4.69, 9.17) is 4.84 Å². The first-order chi connectivity index (χ1) is 8.79. The van der Waals surface area contributed by atoms with Crippen molar-refractivity contribution >= 4 is 11.6 Å². The number of nitrogens with zero attached hydrogens (tertiary/aromatic N) is 1. The second kappa shape index (κ2) is 4.52. The summed E-state index contributed by atoms with van der Waals surface area (Å²) < 4.78 is 38.5. The Labute approximate surface area is 108 Å². The summed E-state index contributed by atoms with van der Waals surface area (Å²) in [6.45, 7) is 3.47. The maximum Gasteiger partial charge on any atom is 0.418 e. The van der Waals surface area contributed by atoms with Gasteiger partial charge in [0.2, 0.25) is 0 Å². The molecule has 0 radical (unpaired) electrons. The van der Waals surface area contributed by atoms with Crippen LogP contribution in [0.1, 0.15) is 32.3 Å². The number of halogens is 3. The fraction of sp³-hybridized carbons (Fsp3) is 0.462. The molecule has 0 aromatic heterocycles. The van der Waals surface area contributed by atoms with Gasteiger partial charge in [0.15, 0.2) is 5.60 Å². The Morgan fingerprint density at radius 2 is 1.95 bits per heavy atom. The molecule has 1 amide bonds. The first-order valence-corrected chi connectivity index (χ1v) is 5.99. The second-order valence-electron chi connectivity index (χ2n) is 4.69. The van der Waals surface area contributed by atoms with Gasteiger partial charge in [-0.25, -0.2) is 4.84 Å². The summed E-state index contributed by atoms with van der Waals surface area (Å²) in [5.74, 6) is -0.439. The fourth-order valence-corrected chi connectivity index (χ4v) is 2.14. The molecule has 104 valence electrons. The predicted molar refractivity (Wildman–Crippen MR) is 63.3 cm³/mol. The lowest BCUT2D eigenvalue weighted by molar-refractivity contribution is -0.186. The zero-order valence-corrected chi connectivity index (χ0v) is 10.6. The van der Waals surface area contributed by atoms with Crippen LogP contribution in [0.25, 0.3) is 0 Å². The van der Waals surface area contributed by atoms with E-state index in [0.29, 0.717) is 6.42 Å². The average molecular weight is 273 g/mol. The van der Waals surface area contributed by atoms with Crippen LogP contribution in [0.4, 0.5) is 18.9 Å². The predicted octanol–water partition coefficient (Wildman–Crippen LogP) is 3.54. The Morgan fingerprint density at radius 3 is 2.47 bits per heavy atom. The van der Waals surface area contributed by atoms with Crippen molar-refractivity contribution in [2.75, 3.05) is 5.06 Å². The molecule has 0 saturated carbocycles. The number of benzene rings is 1. The van der Waals surface area contributed by atoms with Crippen LogP contribution >= 0.6 is 0 Å². The third-order valence-corrected chi connectivity index (χ3v) is 3.08. The van der Waals surface area contributed by atoms with Crippen LogP contribution in [0.3, 0.4) is 0 Å². The summed E-state index contributed by atoms with van der Waals surface area (Å²) in [6.07, 6.45) is -3.31. The van der Waals surface area contributed by atoms with Gasteiger partial charge in [0, 0.05) is 0 Å². The van der Waals surface area contributed by atoms with Gasteiger partial charge in [-0.05, 0) is 25.5 Å². The van der Waals surface area contributed by atoms with Gasteiger partial charge in [-0.1, -0.05) is 25.5 Å². The van der Waals surface area contributed by atoms with Crippen molar-refractivity contribution in [1.82, 2.24) is 0 Å². The van der Waals surface area contributed by atoms with Crippen molar-refractivity contribution in [3.63, 3.8) is 0 Å². The van der Waals surface area contributed by atoms with Gasteiger partial charge in [0.1, 0.15) is 0 Å². The number of carbonyl (C=O) groups excluding carboxylic acids is 1. The SMILES string of the molecule is CCCC1(C)ON(c2ccccc2C(F)(F)F)C1=O. The van der Waals surface area contributed by atoms with Crippen molar-refractivity contribution in [3.8, 4) is 0 Å². The van der Waals surface area contributed by atoms with E-state index in [2.05, 4.69) is 0 Å². The molecular formula is C13H14F3NO2. The van der Waals surface area contributed by atoms with Crippen molar-refractivity contribution < 1.29 is 22.8 Å². The van der Waals surface area contributed by atoms with E-state index < -0.39 is 23.2 Å². The lowest BCUT2D eigenvalue weighted by Gasteiger charge is -2.45. The molecule has 1 aliphatic heterocycles. The lowest BCUT2D eigenvalue weighted by Crippen LogP contribution is -2.63. The van der Waals surface area contributed by atoms with Gasteiger partial charge in [-0.3, -0.25) is 4.79 Å². The van der Waals surface area contributed by atoms with Gasteiger partial charge >= 0.3 is 6.18 Å². The number of carbonyl (C=O) groups is 1. The number of hydrogen-bond acceptors (Lipinski definition) is 2. The van der Waals surface area contributed by atoms with Gasteiger partial charge in [0.05, 0.1) is 11.3 Å². The fourth-order valence-electron chi connectivity index (χ4n) is 2.14. The minimum Gasteiger partial charge on any atom is -0.269 e. The molecule has 1 aromatic rings. The van der Waals surface area contributed by atoms with E-state index in [1.165, 1.54) is 18.2 Å². The molecule has 1 atom stereocenters. The summed E-state index contributed by atoms with van der Waals surface area (Å²) >= 11 is 0. The van der Waals surface area contributed by atoms with E-state index in [1.54, 1.807) is 6.92 Å². The van der Waals surface area contributed by atoms with Crippen molar-refractivity contribution in [3.05, 3.63) is 29.8 Å². The van der Waals surface area contributed by atoms with Crippen LogP contribution in [-0.2, 0) is 15.8 Å².